The normalized spacial score (nSPS) is 13.9. The van der Waals surface area contributed by atoms with Gasteiger partial charge in [-0.25, -0.2) is 0 Å². The summed E-state index contributed by atoms with van der Waals surface area (Å²) in [5.74, 6) is -0.211. The Morgan fingerprint density at radius 2 is 1.55 bits per heavy atom. The first kappa shape index (κ1) is 27.3. The molecule has 2 heterocycles. The van der Waals surface area contributed by atoms with Crippen LogP contribution in [0.1, 0.15) is 57.3 Å². The van der Waals surface area contributed by atoms with Crippen molar-refractivity contribution in [2.24, 2.45) is 0 Å². The monoisotopic (exact) mass is 514 g/mol. The van der Waals surface area contributed by atoms with Gasteiger partial charge in [-0.15, -0.1) is 0 Å². The van der Waals surface area contributed by atoms with Crippen LogP contribution in [0.15, 0.2) is 60.8 Å². The van der Waals surface area contributed by atoms with Crippen molar-refractivity contribution in [2.75, 3.05) is 44.7 Å². The van der Waals surface area contributed by atoms with Crippen LogP contribution in [0.3, 0.4) is 0 Å². The number of anilines is 1. The van der Waals surface area contributed by atoms with Gasteiger partial charge < -0.3 is 14.4 Å². The second kappa shape index (κ2) is 12.2. The number of unbranched alkanes of at least 4 members (excludes halogenated alkanes) is 1. The lowest BCUT2D eigenvalue weighted by Crippen LogP contribution is -2.51. The van der Waals surface area contributed by atoms with E-state index in [0.29, 0.717) is 56.1 Å². The Labute approximate surface area is 225 Å². The van der Waals surface area contributed by atoms with E-state index in [-0.39, 0.29) is 17.6 Å². The molecular formula is C31H38N4O3. The molecule has 0 atom stereocenters. The molecule has 1 aliphatic rings. The van der Waals surface area contributed by atoms with Crippen molar-refractivity contribution < 1.29 is 14.4 Å². The van der Waals surface area contributed by atoms with Gasteiger partial charge >= 0.3 is 0 Å². The van der Waals surface area contributed by atoms with Gasteiger partial charge in [0.15, 0.2) is 5.78 Å². The summed E-state index contributed by atoms with van der Waals surface area (Å²) >= 11 is 0. The van der Waals surface area contributed by atoms with E-state index in [0.717, 1.165) is 29.7 Å². The van der Waals surface area contributed by atoms with Gasteiger partial charge in [-0.3, -0.25) is 19.3 Å². The van der Waals surface area contributed by atoms with Crippen LogP contribution in [0, 0.1) is 13.8 Å². The van der Waals surface area contributed by atoms with Crippen molar-refractivity contribution in [2.45, 2.75) is 40.2 Å². The Hall–Kier alpha value is -3.71. The Morgan fingerprint density at radius 1 is 0.895 bits per heavy atom. The van der Waals surface area contributed by atoms with Crippen LogP contribution in [0.2, 0.25) is 0 Å². The molecule has 7 nitrogen and oxygen atoms in total. The molecule has 0 bridgehead atoms. The van der Waals surface area contributed by atoms with Crippen molar-refractivity contribution in [3.05, 3.63) is 88.7 Å². The van der Waals surface area contributed by atoms with E-state index in [9.17, 15) is 14.4 Å². The molecular weight excluding hydrogens is 476 g/mol. The summed E-state index contributed by atoms with van der Waals surface area (Å²) in [6.07, 6.45) is 3.87. The zero-order valence-electron chi connectivity index (χ0n) is 22.9. The maximum atomic E-state index is 13.9. The van der Waals surface area contributed by atoms with E-state index in [1.165, 1.54) is 0 Å². The minimum atomic E-state index is -0.116. The topological polar surface area (TPSA) is 65.9 Å². The number of likely N-dealkylation sites (N-methyl/N-ethyl adjacent to an activating group) is 1. The fraction of sp³-hybridized carbons (Fsp3) is 0.387. The molecule has 0 N–H and O–H groups in total. The summed E-state index contributed by atoms with van der Waals surface area (Å²) in [5.41, 5.74) is 4.34. The Balaban J connectivity index is 1.49. The third-order valence-electron chi connectivity index (χ3n) is 7.30. The van der Waals surface area contributed by atoms with Crippen LogP contribution in [-0.4, -0.2) is 71.7 Å². The molecule has 1 fully saturated rings. The highest BCUT2D eigenvalue weighted by Crippen LogP contribution is 2.24. The summed E-state index contributed by atoms with van der Waals surface area (Å²) in [6, 6.07) is 17.1. The van der Waals surface area contributed by atoms with E-state index in [1.807, 2.05) is 84.1 Å². The molecule has 0 radical (unpaired) electrons. The molecule has 1 aliphatic heterocycles. The number of carbonyl (C=O) groups is 3. The maximum absolute atomic E-state index is 13.9. The number of nitrogens with zero attached hydrogens (tertiary/aromatic N) is 4. The molecule has 2 amide bonds. The van der Waals surface area contributed by atoms with Gasteiger partial charge in [0.25, 0.3) is 5.91 Å². The number of carbonyl (C=O) groups excluding carboxylic acids is 3. The van der Waals surface area contributed by atoms with Crippen molar-refractivity contribution >= 4 is 23.3 Å². The minimum Gasteiger partial charge on any atom is -0.343 e. The second-order valence-electron chi connectivity index (χ2n) is 10.1. The number of ketones is 1. The third kappa shape index (κ3) is 6.05. The number of aromatic nitrogens is 1. The lowest BCUT2D eigenvalue weighted by molar-refractivity contribution is -0.119. The third-order valence-corrected chi connectivity index (χ3v) is 7.30. The first-order chi connectivity index (χ1) is 18.3. The molecule has 38 heavy (non-hydrogen) atoms. The lowest BCUT2D eigenvalue weighted by atomic mass is 9.99. The van der Waals surface area contributed by atoms with E-state index in [2.05, 4.69) is 11.8 Å². The minimum absolute atomic E-state index is 0.0195. The van der Waals surface area contributed by atoms with Crippen LogP contribution in [0.4, 0.5) is 5.69 Å². The molecule has 0 spiro atoms. The van der Waals surface area contributed by atoms with Crippen LogP contribution >= 0.6 is 0 Å². The molecule has 1 saturated heterocycles. The first-order valence-corrected chi connectivity index (χ1v) is 13.4. The molecule has 7 heteroatoms. The number of rotatable bonds is 9. The Morgan fingerprint density at radius 3 is 2.18 bits per heavy atom. The van der Waals surface area contributed by atoms with E-state index < -0.39 is 0 Å². The van der Waals surface area contributed by atoms with E-state index in [4.69, 9.17) is 0 Å². The zero-order valence-corrected chi connectivity index (χ0v) is 22.9. The number of piperazine rings is 1. The predicted octanol–water partition coefficient (Wildman–Crippen LogP) is 4.56. The standard InChI is InChI=1S/C31H38N4O3/c1-5-6-16-35-21-24(3)28(30(37)25-14-12-23(2)13-15-25)29(35)31(38)34-19-17-33(18-20-34)22-27(36)32(4)26-10-8-7-9-11-26/h7-15,21H,5-6,16-20,22H2,1-4H3. The lowest BCUT2D eigenvalue weighted by Gasteiger charge is -2.35. The number of hydrogen-bond donors (Lipinski definition) is 0. The average Bonchev–Trinajstić information content (AvgIpc) is 3.27. The highest BCUT2D eigenvalue weighted by Gasteiger charge is 2.31. The zero-order chi connectivity index (χ0) is 27.2. The van der Waals surface area contributed by atoms with Crippen LogP contribution < -0.4 is 4.90 Å². The molecule has 0 aliphatic carbocycles. The molecule has 2 aromatic carbocycles. The van der Waals surface area contributed by atoms with E-state index >= 15 is 0 Å². The quantitative estimate of drug-likeness (QED) is 0.393. The molecule has 0 unspecified atom stereocenters. The predicted molar refractivity (Wildman–Crippen MR) is 151 cm³/mol. The average molecular weight is 515 g/mol. The summed E-state index contributed by atoms with van der Waals surface area (Å²) < 4.78 is 1.97. The van der Waals surface area contributed by atoms with Crippen molar-refractivity contribution in [1.29, 1.82) is 0 Å². The fourth-order valence-electron chi connectivity index (χ4n) is 4.92. The second-order valence-corrected chi connectivity index (χ2v) is 10.1. The molecule has 1 aromatic heterocycles. The van der Waals surface area contributed by atoms with E-state index in [1.54, 1.807) is 11.9 Å². The van der Waals surface area contributed by atoms with Crippen LogP contribution in [-0.2, 0) is 11.3 Å². The molecule has 200 valence electrons. The Kier molecular flexibility index (Phi) is 8.79. The smallest absolute Gasteiger partial charge is 0.271 e. The van der Waals surface area contributed by atoms with Gasteiger partial charge in [-0.05, 0) is 38.0 Å². The SMILES string of the molecule is CCCCn1cc(C)c(C(=O)c2ccc(C)cc2)c1C(=O)N1CCN(CC(=O)N(C)c2ccccc2)CC1. The summed E-state index contributed by atoms with van der Waals surface area (Å²) in [7, 11) is 1.79. The molecule has 4 rings (SSSR count). The van der Waals surface area contributed by atoms with Crippen LogP contribution in [0.5, 0.6) is 0 Å². The number of para-hydroxylation sites is 1. The Bertz CT molecular complexity index is 1270. The highest BCUT2D eigenvalue weighted by atomic mass is 16.2. The van der Waals surface area contributed by atoms with Gasteiger partial charge in [-0.2, -0.15) is 0 Å². The van der Waals surface area contributed by atoms with Gasteiger partial charge in [0.2, 0.25) is 5.91 Å². The number of aryl methyl sites for hydroxylation is 3. The van der Waals surface area contributed by atoms with Gasteiger partial charge in [0.05, 0.1) is 12.1 Å². The number of amides is 2. The summed E-state index contributed by atoms with van der Waals surface area (Å²) in [4.78, 5) is 45.9. The van der Waals surface area contributed by atoms with Crippen molar-refractivity contribution in [1.82, 2.24) is 14.4 Å². The van der Waals surface area contributed by atoms with Crippen LogP contribution in [0.25, 0.3) is 0 Å². The highest BCUT2D eigenvalue weighted by molar-refractivity contribution is 6.15. The summed E-state index contributed by atoms with van der Waals surface area (Å²) in [6.45, 7) is 9.25. The molecule has 3 aromatic rings. The van der Waals surface area contributed by atoms with Crippen molar-refractivity contribution in [3.8, 4) is 0 Å². The summed E-state index contributed by atoms with van der Waals surface area (Å²) in [5, 5.41) is 0. The van der Waals surface area contributed by atoms with Crippen molar-refractivity contribution in [3.63, 3.8) is 0 Å². The van der Waals surface area contributed by atoms with Gasteiger partial charge in [0.1, 0.15) is 5.69 Å². The first-order valence-electron chi connectivity index (χ1n) is 13.4. The fourth-order valence-corrected chi connectivity index (χ4v) is 4.92. The van der Waals surface area contributed by atoms with Gasteiger partial charge in [0, 0.05) is 57.2 Å². The number of hydrogen-bond acceptors (Lipinski definition) is 4. The largest absolute Gasteiger partial charge is 0.343 e. The maximum Gasteiger partial charge on any atom is 0.271 e. The van der Waals surface area contributed by atoms with Gasteiger partial charge in [-0.1, -0.05) is 61.4 Å². The molecule has 0 saturated carbocycles. The number of benzene rings is 2.